The summed E-state index contributed by atoms with van der Waals surface area (Å²) in [5, 5.41) is 18.2. The first-order valence-corrected chi connectivity index (χ1v) is 10.7. The number of nitro benzene ring substituents is 1. The molecule has 1 N–H and O–H groups in total. The van der Waals surface area contributed by atoms with Crippen molar-refractivity contribution in [1.82, 2.24) is 9.78 Å². The van der Waals surface area contributed by atoms with Crippen LogP contribution in [0.5, 0.6) is 5.75 Å². The van der Waals surface area contributed by atoms with Crippen LogP contribution in [0.2, 0.25) is 0 Å². The van der Waals surface area contributed by atoms with Crippen LogP contribution in [0, 0.1) is 10.1 Å². The van der Waals surface area contributed by atoms with Gasteiger partial charge >= 0.3 is 5.97 Å². The van der Waals surface area contributed by atoms with Gasteiger partial charge in [0.05, 0.1) is 35.7 Å². The molecule has 0 unspecified atom stereocenters. The molecule has 0 saturated heterocycles. The number of hydrogen-bond acceptors (Lipinski definition) is 8. The summed E-state index contributed by atoms with van der Waals surface area (Å²) >= 11 is 0. The molecule has 0 bridgehead atoms. The van der Waals surface area contributed by atoms with Crippen molar-refractivity contribution in [2.45, 2.75) is 6.54 Å². The standard InChI is InChI=1S/C25H20N4O7/c1-35-21-13-17(29(33)34)11-12-20(21)26-22(30)15-36-25(32)23-18-9-5-6-10-19(18)24(31)28(27-23)14-16-7-3-2-4-8-16/h2-13H,14-15H2,1H3,(H,26,30). The number of nitrogens with zero attached hydrogens (tertiary/aromatic N) is 3. The summed E-state index contributed by atoms with van der Waals surface area (Å²) in [6.07, 6.45) is 0. The number of methoxy groups -OCH3 is 1. The van der Waals surface area contributed by atoms with Crippen LogP contribution in [0.15, 0.2) is 77.6 Å². The van der Waals surface area contributed by atoms with Crippen LogP contribution in [-0.4, -0.2) is 40.3 Å². The largest absolute Gasteiger partial charge is 0.494 e. The van der Waals surface area contributed by atoms with Crippen molar-refractivity contribution in [2.24, 2.45) is 0 Å². The highest BCUT2D eigenvalue weighted by Crippen LogP contribution is 2.29. The minimum absolute atomic E-state index is 0.0736. The number of rotatable bonds is 8. The second kappa shape index (κ2) is 10.5. The lowest BCUT2D eigenvalue weighted by Gasteiger charge is -2.12. The maximum absolute atomic E-state index is 12.9. The number of nitrogens with one attached hydrogen (secondary N) is 1. The fourth-order valence-electron chi connectivity index (χ4n) is 3.53. The Morgan fingerprint density at radius 1 is 1.03 bits per heavy atom. The topological polar surface area (TPSA) is 143 Å². The number of hydrogen-bond donors (Lipinski definition) is 1. The molecule has 11 nitrogen and oxygen atoms in total. The van der Waals surface area contributed by atoms with Crippen LogP contribution in [0.4, 0.5) is 11.4 Å². The first-order valence-electron chi connectivity index (χ1n) is 10.7. The molecule has 182 valence electrons. The molecular formula is C25H20N4O7. The van der Waals surface area contributed by atoms with Crippen molar-refractivity contribution in [3.8, 4) is 5.75 Å². The van der Waals surface area contributed by atoms with E-state index in [0.717, 1.165) is 11.6 Å². The van der Waals surface area contributed by atoms with Crippen LogP contribution in [0.1, 0.15) is 16.1 Å². The van der Waals surface area contributed by atoms with E-state index in [9.17, 15) is 24.5 Å². The van der Waals surface area contributed by atoms with Crippen molar-refractivity contribution in [3.63, 3.8) is 0 Å². The van der Waals surface area contributed by atoms with Gasteiger partial charge in [-0.1, -0.05) is 48.5 Å². The molecule has 4 aromatic rings. The quantitative estimate of drug-likeness (QED) is 0.226. The Morgan fingerprint density at radius 3 is 2.42 bits per heavy atom. The summed E-state index contributed by atoms with van der Waals surface area (Å²) in [6, 6.07) is 19.3. The molecule has 1 aromatic heterocycles. The molecule has 0 radical (unpaired) electrons. The van der Waals surface area contributed by atoms with Crippen molar-refractivity contribution in [1.29, 1.82) is 0 Å². The van der Waals surface area contributed by atoms with Gasteiger partial charge in [-0.2, -0.15) is 5.10 Å². The normalized spacial score (nSPS) is 10.6. The Bertz CT molecular complexity index is 1520. The minimum Gasteiger partial charge on any atom is -0.494 e. The molecule has 11 heteroatoms. The van der Waals surface area contributed by atoms with Gasteiger partial charge in [-0.15, -0.1) is 0 Å². The molecule has 4 rings (SSSR count). The lowest BCUT2D eigenvalue weighted by atomic mass is 10.1. The van der Waals surface area contributed by atoms with Gasteiger partial charge in [0.1, 0.15) is 5.75 Å². The van der Waals surface area contributed by atoms with Gasteiger partial charge < -0.3 is 14.8 Å². The van der Waals surface area contributed by atoms with Gasteiger partial charge in [-0.05, 0) is 17.7 Å². The SMILES string of the molecule is COc1cc([N+](=O)[O-])ccc1NC(=O)COC(=O)c1nn(Cc2ccccc2)c(=O)c2ccccc12. The molecule has 1 heterocycles. The van der Waals surface area contributed by atoms with Crippen molar-refractivity contribution in [2.75, 3.05) is 19.0 Å². The molecule has 3 aromatic carbocycles. The summed E-state index contributed by atoms with van der Waals surface area (Å²) in [7, 11) is 1.30. The number of non-ortho nitro benzene ring substituents is 1. The molecule has 0 saturated carbocycles. The van der Waals surface area contributed by atoms with Crippen LogP contribution in [-0.2, 0) is 16.1 Å². The number of ether oxygens (including phenoxy) is 2. The number of amides is 1. The number of carbonyl (C=O) groups is 2. The number of anilines is 1. The molecule has 0 atom stereocenters. The fraction of sp³-hybridized carbons (Fsp3) is 0.120. The van der Waals surface area contributed by atoms with E-state index < -0.39 is 23.4 Å². The molecular weight excluding hydrogens is 468 g/mol. The number of carbonyl (C=O) groups excluding carboxylic acids is 2. The highest BCUT2D eigenvalue weighted by Gasteiger charge is 2.20. The number of esters is 1. The number of nitro groups is 1. The predicted octanol–water partition coefficient (Wildman–Crippen LogP) is 3.16. The van der Waals surface area contributed by atoms with E-state index in [1.807, 2.05) is 30.3 Å². The number of aromatic nitrogens is 2. The second-order valence-electron chi connectivity index (χ2n) is 7.61. The van der Waals surface area contributed by atoms with E-state index >= 15 is 0 Å². The van der Waals surface area contributed by atoms with Gasteiger partial charge in [0.25, 0.3) is 17.2 Å². The molecule has 0 spiro atoms. The molecule has 0 aliphatic rings. The summed E-state index contributed by atoms with van der Waals surface area (Å²) in [5.41, 5.74) is 0.304. The van der Waals surface area contributed by atoms with Gasteiger partial charge in [-0.3, -0.25) is 19.7 Å². The maximum Gasteiger partial charge on any atom is 0.359 e. The van der Waals surface area contributed by atoms with E-state index in [4.69, 9.17) is 9.47 Å². The zero-order valence-corrected chi connectivity index (χ0v) is 19.0. The highest BCUT2D eigenvalue weighted by molar-refractivity contribution is 6.03. The molecule has 1 amide bonds. The molecule has 0 aliphatic carbocycles. The monoisotopic (exact) mass is 488 g/mol. The minimum atomic E-state index is -0.890. The van der Waals surface area contributed by atoms with E-state index in [1.165, 1.54) is 23.9 Å². The second-order valence-corrected chi connectivity index (χ2v) is 7.61. The first-order chi connectivity index (χ1) is 17.4. The lowest BCUT2D eigenvalue weighted by molar-refractivity contribution is -0.384. The van der Waals surface area contributed by atoms with Gasteiger partial charge in [0.15, 0.2) is 12.3 Å². The lowest BCUT2D eigenvalue weighted by Crippen LogP contribution is -2.28. The van der Waals surface area contributed by atoms with Crippen LogP contribution >= 0.6 is 0 Å². The zero-order valence-electron chi connectivity index (χ0n) is 19.0. The summed E-state index contributed by atoms with van der Waals surface area (Å²) in [4.78, 5) is 48.6. The number of fused-ring (bicyclic) bond motifs is 1. The Morgan fingerprint density at radius 2 is 1.72 bits per heavy atom. The predicted molar refractivity (Wildman–Crippen MR) is 130 cm³/mol. The fourth-order valence-corrected chi connectivity index (χ4v) is 3.53. The molecule has 36 heavy (non-hydrogen) atoms. The zero-order chi connectivity index (χ0) is 25.7. The third-order valence-electron chi connectivity index (χ3n) is 5.24. The van der Waals surface area contributed by atoms with E-state index in [0.29, 0.717) is 5.39 Å². The Hall–Kier alpha value is -5.06. The first kappa shape index (κ1) is 24.1. The Kier molecular flexibility index (Phi) is 7.00. The van der Waals surface area contributed by atoms with Crippen molar-refractivity contribution >= 4 is 34.0 Å². The molecule has 0 fully saturated rings. The van der Waals surface area contributed by atoms with Crippen LogP contribution in [0.25, 0.3) is 10.8 Å². The summed E-state index contributed by atoms with van der Waals surface area (Å²) < 4.78 is 11.4. The summed E-state index contributed by atoms with van der Waals surface area (Å²) in [5.74, 6) is -1.51. The average Bonchev–Trinajstić information content (AvgIpc) is 2.89. The van der Waals surface area contributed by atoms with Gasteiger partial charge in [-0.25, -0.2) is 9.48 Å². The summed E-state index contributed by atoms with van der Waals surface area (Å²) in [6.45, 7) is -0.516. The third-order valence-corrected chi connectivity index (χ3v) is 5.24. The Labute approximate surface area is 204 Å². The van der Waals surface area contributed by atoms with Gasteiger partial charge in [0, 0.05) is 11.5 Å². The van der Waals surface area contributed by atoms with Crippen LogP contribution in [0.3, 0.4) is 0 Å². The van der Waals surface area contributed by atoms with E-state index in [2.05, 4.69) is 10.4 Å². The van der Waals surface area contributed by atoms with Crippen molar-refractivity contribution < 1.29 is 24.0 Å². The average molecular weight is 488 g/mol. The van der Waals surface area contributed by atoms with E-state index in [1.54, 1.807) is 24.3 Å². The maximum atomic E-state index is 12.9. The number of benzene rings is 3. The Balaban J connectivity index is 1.54. The van der Waals surface area contributed by atoms with Crippen molar-refractivity contribution in [3.05, 3.63) is 105 Å². The smallest absolute Gasteiger partial charge is 0.359 e. The highest BCUT2D eigenvalue weighted by atomic mass is 16.6. The third kappa shape index (κ3) is 5.20. The van der Waals surface area contributed by atoms with Crippen LogP contribution < -0.4 is 15.6 Å². The van der Waals surface area contributed by atoms with E-state index in [-0.39, 0.29) is 40.3 Å². The van der Waals surface area contributed by atoms with Gasteiger partial charge in [0.2, 0.25) is 0 Å². The molecule has 0 aliphatic heterocycles.